The molecule has 0 saturated carbocycles. The molecular formula is C26H21NO4. The molecule has 2 N–H and O–H groups in total. The lowest BCUT2D eigenvalue weighted by Crippen LogP contribution is -2.18. The van der Waals surface area contributed by atoms with Crippen LogP contribution in [-0.2, 0) is 16.0 Å². The molecule has 0 saturated heterocycles. The summed E-state index contributed by atoms with van der Waals surface area (Å²) in [5.41, 5.74) is 6.78. The Morgan fingerprint density at radius 2 is 1.68 bits per heavy atom. The van der Waals surface area contributed by atoms with Crippen molar-refractivity contribution in [3.05, 3.63) is 88.5 Å². The zero-order valence-corrected chi connectivity index (χ0v) is 17.0. The number of carbonyl (C=O) groups excluding carboxylic acids is 1. The van der Waals surface area contributed by atoms with Gasteiger partial charge in [-0.1, -0.05) is 54.5 Å². The van der Waals surface area contributed by atoms with E-state index in [1.165, 1.54) is 0 Å². The number of nitrogens with one attached hydrogen (secondary N) is 1. The van der Waals surface area contributed by atoms with Crippen LogP contribution in [0, 0.1) is 19.3 Å². The molecule has 4 rings (SSSR count). The van der Waals surface area contributed by atoms with Gasteiger partial charge in [0.1, 0.15) is 6.61 Å². The van der Waals surface area contributed by atoms with Gasteiger partial charge in [-0.3, -0.25) is 10.1 Å². The number of carboxylic acid groups (broad SMARTS) is 1. The summed E-state index contributed by atoms with van der Waals surface area (Å²) in [5.74, 6) is 1.53. The first-order valence-corrected chi connectivity index (χ1v) is 9.92. The van der Waals surface area contributed by atoms with Gasteiger partial charge in [0.15, 0.2) is 0 Å². The highest BCUT2D eigenvalue weighted by Gasteiger charge is 2.29. The van der Waals surface area contributed by atoms with Crippen LogP contribution >= 0.6 is 0 Å². The van der Waals surface area contributed by atoms with Gasteiger partial charge in [0, 0.05) is 17.2 Å². The van der Waals surface area contributed by atoms with E-state index in [0.29, 0.717) is 22.4 Å². The van der Waals surface area contributed by atoms with E-state index in [4.69, 9.17) is 16.3 Å². The van der Waals surface area contributed by atoms with Gasteiger partial charge in [0.25, 0.3) is 0 Å². The molecule has 0 aliphatic heterocycles. The molecule has 0 unspecified atom stereocenters. The van der Waals surface area contributed by atoms with Gasteiger partial charge in [-0.25, -0.2) is 4.79 Å². The molecule has 31 heavy (non-hydrogen) atoms. The van der Waals surface area contributed by atoms with Crippen LogP contribution in [0.4, 0.5) is 10.5 Å². The van der Waals surface area contributed by atoms with Crippen molar-refractivity contribution in [2.75, 3.05) is 11.9 Å². The molecule has 0 spiro atoms. The van der Waals surface area contributed by atoms with E-state index >= 15 is 0 Å². The smallest absolute Gasteiger partial charge is 0.411 e. The quantitative estimate of drug-likeness (QED) is 0.582. The van der Waals surface area contributed by atoms with Gasteiger partial charge in [-0.2, -0.15) is 0 Å². The topological polar surface area (TPSA) is 75.6 Å². The van der Waals surface area contributed by atoms with Crippen LogP contribution in [0.25, 0.3) is 11.1 Å². The summed E-state index contributed by atoms with van der Waals surface area (Å²) >= 11 is 0. The SMILES string of the molecule is C#Cc1cc(NC(=O)OCC2c3ccccc3-c3ccccc32)cc(CC(=O)O)c1C. The van der Waals surface area contributed by atoms with Crippen molar-refractivity contribution in [2.45, 2.75) is 19.3 Å². The Labute approximate surface area is 180 Å². The number of amides is 1. The fourth-order valence-electron chi connectivity index (χ4n) is 4.10. The van der Waals surface area contributed by atoms with Crippen molar-refractivity contribution in [2.24, 2.45) is 0 Å². The minimum absolute atomic E-state index is 0.0417. The lowest BCUT2D eigenvalue weighted by Gasteiger charge is -2.15. The third-order valence-electron chi connectivity index (χ3n) is 5.60. The highest BCUT2D eigenvalue weighted by molar-refractivity contribution is 5.86. The first-order chi connectivity index (χ1) is 15.0. The fourth-order valence-corrected chi connectivity index (χ4v) is 4.10. The number of benzene rings is 3. The summed E-state index contributed by atoms with van der Waals surface area (Å²) in [4.78, 5) is 23.7. The highest BCUT2D eigenvalue weighted by Crippen LogP contribution is 2.44. The lowest BCUT2D eigenvalue weighted by molar-refractivity contribution is -0.136. The maximum absolute atomic E-state index is 12.5. The minimum atomic E-state index is -0.968. The number of fused-ring (bicyclic) bond motifs is 3. The van der Waals surface area contributed by atoms with Gasteiger partial charge >= 0.3 is 12.1 Å². The van der Waals surface area contributed by atoms with Crippen molar-refractivity contribution in [3.63, 3.8) is 0 Å². The number of anilines is 1. The number of hydrogen-bond acceptors (Lipinski definition) is 3. The summed E-state index contributed by atoms with van der Waals surface area (Å²) in [7, 11) is 0. The second kappa shape index (κ2) is 8.37. The first kappa shape index (κ1) is 20.2. The summed E-state index contributed by atoms with van der Waals surface area (Å²) in [6.45, 7) is 1.96. The van der Waals surface area contributed by atoms with Gasteiger partial charge in [-0.15, -0.1) is 6.42 Å². The van der Waals surface area contributed by atoms with Gasteiger partial charge in [0.2, 0.25) is 0 Å². The Morgan fingerprint density at radius 3 is 2.26 bits per heavy atom. The number of aliphatic carboxylic acids is 1. The Morgan fingerprint density at radius 1 is 1.06 bits per heavy atom. The largest absolute Gasteiger partial charge is 0.481 e. The maximum atomic E-state index is 12.5. The number of hydrogen-bond donors (Lipinski definition) is 2. The molecule has 3 aromatic rings. The number of terminal acetylenes is 1. The van der Waals surface area contributed by atoms with E-state index in [2.05, 4.69) is 35.5 Å². The van der Waals surface area contributed by atoms with Crippen molar-refractivity contribution >= 4 is 17.7 Å². The van der Waals surface area contributed by atoms with Crippen molar-refractivity contribution < 1.29 is 19.4 Å². The normalized spacial score (nSPS) is 11.9. The molecule has 5 heteroatoms. The summed E-state index contributed by atoms with van der Waals surface area (Å²) < 4.78 is 5.55. The highest BCUT2D eigenvalue weighted by atomic mass is 16.5. The second-order valence-electron chi connectivity index (χ2n) is 7.47. The van der Waals surface area contributed by atoms with Gasteiger partial charge in [-0.05, 0) is 52.4 Å². The second-order valence-corrected chi connectivity index (χ2v) is 7.47. The van der Waals surface area contributed by atoms with E-state index in [1.807, 2.05) is 24.3 Å². The molecule has 3 aromatic carbocycles. The molecule has 0 aromatic heterocycles. The molecule has 0 bridgehead atoms. The average Bonchev–Trinajstić information content (AvgIpc) is 3.08. The number of ether oxygens (including phenoxy) is 1. The summed E-state index contributed by atoms with van der Waals surface area (Å²) in [6.07, 6.45) is 4.74. The Kier molecular flexibility index (Phi) is 5.46. The number of carbonyl (C=O) groups is 2. The van der Waals surface area contributed by atoms with Crippen LogP contribution in [0.15, 0.2) is 60.7 Å². The molecule has 0 radical (unpaired) electrons. The number of rotatable bonds is 5. The van der Waals surface area contributed by atoms with Crippen LogP contribution in [0.5, 0.6) is 0 Å². The van der Waals surface area contributed by atoms with E-state index in [0.717, 1.165) is 22.3 Å². The van der Waals surface area contributed by atoms with E-state index in [1.54, 1.807) is 19.1 Å². The van der Waals surface area contributed by atoms with Crippen LogP contribution in [-0.4, -0.2) is 23.8 Å². The van der Waals surface area contributed by atoms with Crippen LogP contribution in [0.1, 0.15) is 33.7 Å². The fraction of sp³-hybridized carbons (Fsp3) is 0.154. The molecule has 0 atom stereocenters. The Balaban J connectivity index is 1.51. The third-order valence-corrected chi connectivity index (χ3v) is 5.60. The monoisotopic (exact) mass is 411 g/mol. The average molecular weight is 411 g/mol. The van der Waals surface area contributed by atoms with Gasteiger partial charge in [0.05, 0.1) is 6.42 Å². The number of carboxylic acids is 1. The minimum Gasteiger partial charge on any atom is -0.481 e. The van der Waals surface area contributed by atoms with Crippen LogP contribution in [0.3, 0.4) is 0 Å². The van der Waals surface area contributed by atoms with Crippen LogP contribution < -0.4 is 5.32 Å². The molecule has 5 nitrogen and oxygen atoms in total. The molecular weight excluding hydrogens is 390 g/mol. The van der Waals surface area contributed by atoms with Crippen molar-refractivity contribution in [3.8, 4) is 23.5 Å². The molecule has 1 aliphatic carbocycles. The zero-order chi connectivity index (χ0) is 22.0. The Hall–Kier alpha value is -4.04. The molecule has 0 fully saturated rings. The zero-order valence-electron chi connectivity index (χ0n) is 17.0. The van der Waals surface area contributed by atoms with Crippen LogP contribution in [0.2, 0.25) is 0 Å². The molecule has 0 heterocycles. The summed E-state index contributed by atoms with van der Waals surface area (Å²) in [5, 5.41) is 11.8. The Bertz CT molecular complexity index is 1180. The van der Waals surface area contributed by atoms with E-state index in [-0.39, 0.29) is 18.9 Å². The summed E-state index contributed by atoms with van der Waals surface area (Å²) in [6, 6.07) is 19.5. The molecule has 154 valence electrons. The first-order valence-electron chi connectivity index (χ1n) is 9.92. The van der Waals surface area contributed by atoms with Crippen molar-refractivity contribution in [1.29, 1.82) is 0 Å². The van der Waals surface area contributed by atoms with E-state index < -0.39 is 12.1 Å². The van der Waals surface area contributed by atoms with E-state index in [9.17, 15) is 9.59 Å². The third kappa shape index (κ3) is 4.01. The predicted octanol–water partition coefficient (Wildman–Crippen LogP) is 4.96. The standard InChI is InChI=1S/C26H21NO4/c1-3-17-12-19(13-18(16(17)2)14-25(28)29)27-26(30)31-15-24-22-10-6-4-8-20(22)21-9-5-7-11-23(21)24/h1,4-13,24H,14-15H2,2H3,(H,27,30)(H,28,29). The predicted molar refractivity (Wildman–Crippen MR) is 119 cm³/mol. The van der Waals surface area contributed by atoms with Crippen molar-refractivity contribution in [1.82, 2.24) is 0 Å². The maximum Gasteiger partial charge on any atom is 0.411 e. The van der Waals surface area contributed by atoms with Gasteiger partial charge < -0.3 is 9.84 Å². The molecule has 1 amide bonds. The lowest BCUT2D eigenvalue weighted by atomic mass is 9.98. The molecule has 1 aliphatic rings.